The first-order valence-electron chi connectivity index (χ1n) is 7.01. The molecule has 0 spiro atoms. The molecule has 0 bridgehead atoms. The molecular formula is C15H20N2O3. The number of anilines is 1. The van der Waals surface area contributed by atoms with Crippen molar-refractivity contribution in [1.82, 2.24) is 4.90 Å². The van der Waals surface area contributed by atoms with Gasteiger partial charge in [-0.3, -0.25) is 9.59 Å². The van der Waals surface area contributed by atoms with Crippen LogP contribution < -0.4 is 10.1 Å². The molecule has 108 valence electrons. The fourth-order valence-corrected chi connectivity index (χ4v) is 2.25. The van der Waals surface area contributed by atoms with Crippen LogP contribution in [0.25, 0.3) is 0 Å². The lowest BCUT2D eigenvalue weighted by Crippen LogP contribution is -2.33. The molecule has 20 heavy (non-hydrogen) atoms. The van der Waals surface area contributed by atoms with E-state index < -0.39 is 0 Å². The highest BCUT2D eigenvalue weighted by Crippen LogP contribution is 2.28. The highest BCUT2D eigenvalue weighted by molar-refractivity contribution is 5.99. The monoisotopic (exact) mass is 276 g/mol. The fraction of sp³-hybridized carbons (Fsp3) is 0.467. The predicted molar refractivity (Wildman–Crippen MR) is 77.1 cm³/mol. The molecule has 2 rings (SSSR count). The highest BCUT2D eigenvalue weighted by Gasteiger charge is 2.20. The van der Waals surface area contributed by atoms with Crippen molar-refractivity contribution < 1.29 is 14.3 Å². The molecule has 0 aromatic heterocycles. The summed E-state index contributed by atoms with van der Waals surface area (Å²) in [5.41, 5.74) is 1.15. The van der Waals surface area contributed by atoms with Crippen LogP contribution in [-0.2, 0) is 4.79 Å². The summed E-state index contributed by atoms with van der Waals surface area (Å²) in [5.74, 6) is 0.413. The molecule has 1 N–H and O–H groups in total. The number of hydrogen-bond acceptors (Lipinski definition) is 3. The molecule has 0 fully saturated rings. The number of rotatable bonds is 5. The van der Waals surface area contributed by atoms with Gasteiger partial charge in [-0.05, 0) is 31.0 Å². The lowest BCUT2D eigenvalue weighted by molar-refractivity contribution is -0.118. The summed E-state index contributed by atoms with van der Waals surface area (Å²) in [6.45, 7) is 5.62. The molecule has 2 amide bonds. The summed E-state index contributed by atoms with van der Waals surface area (Å²) in [7, 11) is 0. The molecule has 0 saturated heterocycles. The number of carbonyl (C=O) groups excluding carboxylic acids is 2. The third-order valence-corrected chi connectivity index (χ3v) is 3.13. The van der Waals surface area contributed by atoms with E-state index in [2.05, 4.69) is 19.2 Å². The van der Waals surface area contributed by atoms with Crippen molar-refractivity contribution in [2.24, 2.45) is 0 Å². The SMILES string of the molecule is CCCN(CCC)C(=O)c1ccc2c(c1)NC(=O)CO2. The van der Waals surface area contributed by atoms with Crippen molar-refractivity contribution in [2.45, 2.75) is 26.7 Å². The lowest BCUT2D eigenvalue weighted by atomic mass is 10.1. The average molecular weight is 276 g/mol. The third kappa shape index (κ3) is 3.10. The Balaban J connectivity index is 2.21. The van der Waals surface area contributed by atoms with Crippen molar-refractivity contribution in [1.29, 1.82) is 0 Å². The largest absolute Gasteiger partial charge is 0.482 e. The van der Waals surface area contributed by atoms with E-state index >= 15 is 0 Å². The summed E-state index contributed by atoms with van der Waals surface area (Å²) in [4.78, 5) is 25.6. The van der Waals surface area contributed by atoms with E-state index in [-0.39, 0.29) is 18.4 Å². The first-order chi connectivity index (χ1) is 9.65. The quantitative estimate of drug-likeness (QED) is 0.897. The van der Waals surface area contributed by atoms with Gasteiger partial charge in [0.05, 0.1) is 5.69 Å². The maximum atomic E-state index is 12.5. The summed E-state index contributed by atoms with van der Waals surface area (Å²) < 4.78 is 5.29. The van der Waals surface area contributed by atoms with Crippen molar-refractivity contribution in [2.75, 3.05) is 25.0 Å². The van der Waals surface area contributed by atoms with E-state index in [4.69, 9.17) is 4.74 Å². The molecule has 1 aliphatic rings. The second-order valence-corrected chi connectivity index (χ2v) is 4.84. The number of ether oxygens (including phenoxy) is 1. The number of hydrogen-bond donors (Lipinski definition) is 1. The highest BCUT2D eigenvalue weighted by atomic mass is 16.5. The van der Waals surface area contributed by atoms with Crippen molar-refractivity contribution in [3.8, 4) is 5.75 Å². The van der Waals surface area contributed by atoms with E-state index in [1.54, 1.807) is 18.2 Å². The third-order valence-electron chi connectivity index (χ3n) is 3.13. The van der Waals surface area contributed by atoms with Crippen LogP contribution >= 0.6 is 0 Å². The molecule has 0 atom stereocenters. The zero-order chi connectivity index (χ0) is 14.5. The molecule has 1 aromatic carbocycles. The van der Waals surface area contributed by atoms with Gasteiger partial charge >= 0.3 is 0 Å². The van der Waals surface area contributed by atoms with Crippen LogP contribution in [0.4, 0.5) is 5.69 Å². The van der Waals surface area contributed by atoms with Gasteiger partial charge in [-0.1, -0.05) is 13.8 Å². The van der Waals surface area contributed by atoms with Gasteiger partial charge in [-0.2, -0.15) is 0 Å². The summed E-state index contributed by atoms with van der Waals surface area (Å²) in [5, 5.41) is 2.72. The normalized spacial score (nSPS) is 13.2. The molecule has 0 radical (unpaired) electrons. The minimum absolute atomic E-state index is 0.00341. The molecule has 5 heteroatoms. The van der Waals surface area contributed by atoms with E-state index in [0.717, 1.165) is 25.9 Å². The number of nitrogens with one attached hydrogen (secondary N) is 1. The Hall–Kier alpha value is -2.04. The van der Waals surface area contributed by atoms with E-state index in [0.29, 0.717) is 17.0 Å². The van der Waals surface area contributed by atoms with Gasteiger partial charge in [-0.25, -0.2) is 0 Å². The van der Waals surface area contributed by atoms with Crippen LogP contribution in [0, 0.1) is 0 Å². The lowest BCUT2D eigenvalue weighted by Gasteiger charge is -2.23. The molecule has 0 unspecified atom stereocenters. The van der Waals surface area contributed by atoms with Gasteiger partial charge < -0.3 is 15.0 Å². The zero-order valence-electron chi connectivity index (χ0n) is 11.9. The van der Waals surface area contributed by atoms with E-state index in [1.807, 2.05) is 4.90 Å². The Morgan fingerprint density at radius 2 is 2.00 bits per heavy atom. The van der Waals surface area contributed by atoms with Crippen molar-refractivity contribution >= 4 is 17.5 Å². The van der Waals surface area contributed by atoms with Crippen LogP contribution in [-0.4, -0.2) is 36.4 Å². The molecular weight excluding hydrogens is 256 g/mol. The second kappa shape index (κ2) is 6.41. The van der Waals surface area contributed by atoms with Gasteiger partial charge in [0.25, 0.3) is 11.8 Å². The first kappa shape index (κ1) is 14.4. The van der Waals surface area contributed by atoms with Gasteiger partial charge in [-0.15, -0.1) is 0 Å². The minimum atomic E-state index is -0.193. The number of carbonyl (C=O) groups is 2. The van der Waals surface area contributed by atoms with Crippen molar-refractivity contribution in [3.63, 3.8) is 0 Å². The Morgan fingerprint density at radius 3 is 2.65 bits per heavy atom. The summed E-state index contributed by atoms with van der Waals surface area (Å²) in [6, 6.07) is 5.17. The zero-order valence-corrected chi connectivity index (χ0v) is 11.9. The number of nitrogens with zero attached hydrogens (tertiary/aromatic N) is 1. The fourth-order valence-electron chi connectivity index (χ4n) is 2.25. The average Bonchev–Trinajstić information content (AvgIpc) is 2.45. The molecule has 1 aliphatic heterocycles. The molecule has 1 heterocycles. The topological polar surface area (TPSA) is 58.6 Å². The molecule has 0 aliphatic carbocycles. The Kier molecular flexibility index (Phi) is 4.61. The molecule has 5 nitrogen and oxygen atoms in total. The van der Waals surface area contributed by atoms with E-state index in [1.165, 1.54) is 0 Å². The van der Waals surface area contributed by atoms with Crippen LogP contribution in [0.2, 0.25) is 0 Å². The molecule has 0 saturated carbocycles. The first-order valence-corrected chi connectivity index (χ1v) is 7.01. The van der Waals surface area contributed by atoms with Crippen LogP contribution in [0.3, 0.4) is 0 Å². The predicted octanol–water partition coefficient (Wildman–Crippen LogP) is 2.28. The Morgan fingerprint density at radius 1 is 1.30 bits per heavy atom. The van der Waals surface area contributed by atoms with Gasteiger partial charge in [0.15, 0.2) is 6.61 Å². The second-order valence-electron chi connectivity index (χ2n) is 4.84. The minimum Gasteiger partial charge on any atom is -0.482 e. The van der Waals surface area contributed by atoms with Crippen LogP contribution in [0.5, 0.6) is 5.75 Å². The van der Waals surface area contributed by atoms with Gasteiger partial charge in [0, 0.05) is 18.7 Å². The standard InChI is InChI=1S/C15H20N2O3/c1-3-7-17(8-4-2)15(19)11-5-6-13-12(9-11)16-14(18)10-20-13/h5-6,9H,3-4,7-8,10H2,1-2H3,(H,16,18). The Labute approximate surface area is 118 Å². The number of amides is 2. The van der Waals surface area contributed by atoms with Crippen LogP contribution in [0.15, 0.2) is 18.2 Å². The van der Waals surface area contributed by atoms with Gasteiger partial charge in [0.1, 0.15) is 5.75 Å². The number of benzene rings is 1. The maximum absolute atomic E-state index is 12.5. The number of fused-ring (bicyclic) bond motifs is 1. The Bertz CT molecular complexity index is 508. The van der Waals surface area contributed by atoms with E-state index in [9.17, 15) is 9.59 Å². The smallest absolute Gasteiger partial charge is 0.262 e. The summed E-state index contributed by atoms with van der Waals surface area (Å²) in [6.07, 6.45) is 1.85. The molecule has 1 aromatic rings. The van der Waals surface area contributed by atoms with Crippen LogP contribution in [0.1, 0.15) is 37.0 Å². The van der Waals surface area contributed by atoms with Crippen molar-refractivity contribution in [3.05, 3.63) is 23.8 Å². The maximum Gasteiger partial charge on any atom is 0.262 e. The van der Waals surface area contributed by atoms with Gasteiger partial charge in [0.2, 0.25) is 0 Å². The summed E-state index contributed by atoms with van der Waals surface area (Å²) >= 11 is 0.